The van der Waals surface area contributed by atoms with Crippen LogP contribution in [0.25, 0.3) is 0 Å². The molecule has 94 valence electrons. The summed E-state index contributed by atoms with van der Waals surface area (Å²) in [6.07, 6.45) is 6.68. The summed E-state index contributed by atoms with van der Waals surface area (Å²) in [5.74, 6) is 0.712. The maximum atomic E-state index is 5.71. The molecule has 1 aliphatic rings. The maximum Gasteiger partial charge on any atom is 0.0794 e. The van der Waals surface area contributed by atoms with Crippen molar-refractivity contribution in [2.45, 2.75) is 38.8 Å². The largest absolute Gasteiger partial charge is 0.379 e. The van der Waals surface area contributed by atoms with Gasteiger partial charge in [-0.2, -0.15) is 0 Å². The molecule has 1 aromatic rings. The van der Waals surface area contributed by atoms with Gasteiger partial charge in [-0.25, -0.2) is 0 Å². The molecular weight excluding hydrogens is 212 g/mol. The van der Waals surface area contributed by atoms with E-state index in [9.17, 15) is 0 Å². The van der Waals surface area contributed by atoms with Gasteiger partial charge in [-0.1, -0.05) is 6.92 Å². The quantitative estimate of drug-likeness (QED) is 0.821. The molecule has 2 atom stereocenters. The van der Waals surface area contributed by atoms with Gasteiger partial charge in [0.1, 0.15) is 0 Å². The summed E-state index contributed by atoms with van der Waals surface area (Å²) in [5.41, 5.74) is 2.56. The van der Waals surface area contributed by atoms with Crippen LogP contribution in [0.2, 0.25) is 0 Å². The molecule has 1 aliphatic carbocycles. The maximum absolute atomic E-state index is 5.71. The van der Waals surface area contributed by atoms with Crippen molar-refractivity contribution in [1.82, 2.24) is 10.3 Å². The number of nitrogens with zero attached hydrogens (tertiary/aromatic N) is 1. The smallest absolute Gasteiger partial charge is 0.0794 e. The van der Waals surface area contributed by atoms with E-state index in [1.807, 2.05) is 19.5 Å². The highest BCUT2D eigenvalue weighted by Crippen LogP contribution is 2.40. The van der Waals surface area contributed by atoms with Crippen molar-refractivity contribution >= 4 is 0 Å². The third kappa shape index (κ3) is 2.85. The van der Waals surface area contributed by atoms with Gasteiger partial charge in [0.15, 0.2) is 0 Å². The number of nitrogens with one attached hydrogen (secondary N) is 1. The molecule has 0 bridgehead atoms. The lowest BCUT2D eigenvalue weighted by molar-refractivity contribution is 0.0509. The van der Waals surface area contributed by atoms with E-state index >= 15 is 0 Å². The predicted octanol–water partition coefficient (Wildman–Crippen LogP) is 2.47. The molecule has 0 radical (unpaired) electrons. The van der Waals surface area contributed by atoms with Crippen molar-refractivity contribution < 1.29 is 4.74 Å². The van der Waals surface area contributed by atoms with E-state index in [4.69, 9.17) is 4.74 Å². The van der Waals surface area contributed by atoms with Crippen LogP contribution in [0.3, 0.4) is 0 Å². The molecule has 0 aliphatic heterocycles. The lowest BCUT2D eigenvalue weighted by Gasteiger charge is -2.28. The van der Waals surface area contributed by atoms with Crippen molar-refractivity contribution in [3.63, 3.8) is 0 Å². The standard InChI is InChI=1S/C14H22N2O/c1-4-16-13(14(17-3)11-5-6-11)12-9-15-8-7-10(12)2/h7-9,11,13-14,16H,4-6H2,1-3H3. The number of aryl methyl sites for hydroxylation is 1. The molecule has 0 amide bonds. The molecule has 0 saturated heterocycles. The number of rotatable bonds is 6. The van der Waals surface area contributed by atoms with Crippen molar-refractivity contribution in [3.8, 4) is 0 Å². The highest BCUT2D eigenvalue weighted by Gasteiger charge is 2.37. The molecule has 2 unspecified atom stereocenters. The Bertz CT molecular complexity index is 363. The minimum atomic E-state index is 0.270. The van der Waals surface area contributed by atoms with E-state index in [-0.39, 0.29) is 12.1 Å². The van der Waals surface area contributed by atoms with Gasteiger partial charge in [0, 0.05) is 19.5 Å². The Balaban J connectivity index is 2.24. The molecule has 2 rings (SSSR count). The second-order valence-corrected chi connectivity index (χ2v) is 4.81. The topological polar surface area (TPSA) is 34.2 Å². The van der Waals surface area contributed by atoms with Crippen LogP contribution >= 0.6 is 0 Å². The van der Waals surface area contributed by atoms with E-state index in [0.717, 1.165) is 6.54 Å². The Labute approximate surface area is 104 Å². The van der Waals surface area contributed by atoms with Gasteiger partial charge in [-0.3, -0.25) is 4.98 Å². The normalized spacial score (nSPS) is 19.0. The Morgan fingerprint density at radius 3 is 2.82 bits per heavy atom. The lowest BCUT2D eigenvalue weighted by Crippen LogP contribution is -2.35. The Kier molecular flexibility index (Phi) is 4.13. The van der Waals surface area contributed by atoms with E-state index in [2.05, 4.69) is 30.2 Å². The molecule has 1 fully saturated rings. The molecule has 1 N–H and O–H groups in total. The van der Waals surface area contributed by atoms with Gasteiger partial charge < -0.3 is 10.1 Å². The Morgan fingerprint density at radius 2 is 2.29 bits per heavy atom. The molecule has 1 heterocycles. The predicted molar refractivity (Wildman–Crippen MR) is 68.9 cm³/mol. The summed E-state index contributed by atoms with van der Waals surface area (Å²) in [5, 5.41) is 3.55. The highest BCUT2D eigenvalue weighted by molar-refractivity contribution is 5.26. The number of hydrogen-bond donors (Lipinski definition) is 1. The van der Waals surface area contributed by atoms with E-state index in [1.165, 1.54) is 24.0 Å². The summed E-state index contributed by atoms with van der Waals surface area (Å²) < 4.78 is 5.71. The minimum Gasteiger partial charge on any atom is -0.379 e. The first-order valence-electron chi connectivity index (χ1n) is 6.44. The Morgan fingerprint density at radius 1 is 1.53 bits per heavy atom. The zero-order valence-corrected chi connectivity index (χ0v) is 10.9. The first-order chi connectivity index (χ1) is 8.27. The first-order valence-corrected chi connectivity index (χ1v) is 6.44. The molecule has 1 saturated carbocycles. The first kappa shape index (κ1) is 12.5. The number of likely N-dealkylation sites (N-methyl/N-ethyl adjacent to an activating group) is 1. The van der Waals surface area contributed by atoms with Gasteiger partial charge in [0.25, 0.3) is 0 Å². The lowest BCUT2D eigenvalue weighted by atomic mass is 9.96. The fourth-order valence-corrected chi connectivity index (χ4v) is 2.45. The van der Waals surface area contributed by atoms with Gasteiger partial charge in [0.2, 0.25) is 0 Å². The van der Waals surface area contributed by atoms with Crippen molar-refractivity contribution in [2.75, 3.05) is 13.7 Å². The summed E-state index contributed by atoms with van der Waals surface area (Å²) >= 11 is 0. The van der Waals surface area contributed by atoms with Crippen LogP contribution in [0.5, 0.6) is 0 Å². The molecule has 3 nitrogen and oxygen atoms in total. The van der Waals surface area contributed by atoms with Crippen LogP contribution in [-0.2, 0) is 4.74 Å². The fraction of sp³-hybridized carbons (Fsp3) is 0.643. The minimum absolute atomic E-state index is 0.270. The zero-order chi connectivity index (χ0) is 12.3. The van der Waals surface area contributed by atoms with Crippen LogP contribution in [0.4, 0.5) is 0 Å². The summed E-state index contributed by atoms with van der Waals surface area (Å²) in [7, 11) is 1.82. The third-order valence-electron chi connectivity index (χ3n) is 3.53. The van der Waals surface area contributed by atoms with Crippen LogP contribution < -0.4 is 5.32 Å². The SMILES string of the molecule is CCNC(c1cnccc1C)C(OC)C1CC1. The van der Waals surface area contributed by atoms with Crippen molar-refractivity contribution in [1.29, 1.82) is 0 Å². The average molecular weight is 234 g/mol. The molecule has 1 aromatic heterocycles. The van der Waals surface area contributed by atoms with Crippen molar-refractivity contribution in [3.05, 3.63) is 29.6 Å². The van der Waals surface area contributed by atoms with E-state index < -0.39 is 0 Å². The summed E-state index contributed by atoms with van der Waals surface area (Å²) in [6.45, 7) is 5.23. The zero-order valence-electron chi connectivity index (χ0n) is 10.9. The third-order valence-corrected chi connectivity index (χ3v) is 3.53. The van der Waals surface area contributed by atoms with E-state index in [0.29, 0.717) is 5.92 Å². The average Bonchev–Trinajstić information content (AvgIpc) is 3.14. The molecule has 0 aromatic carbocycles. The summed E-state index contributed by atoms with van der Waals surface area (Å²) in [6, 6.07) is 2.34. The van der Waals surface area contributed by atoms with Crippen LogP contribution in [0.1, 0.15) is 36.9 Å². The molecule has 0 spiro atoms. The fourth-order valence-electron chi connectivity index (χ4n) is 2.45. The number of aromatic nitrogens is 1. The number of ether oxygens (including phenoxy) is 1. The number of pyridine rings is 1. The van der Waals surface area contributed by atoms with Crippen LogP contribution in [0, 0.1) is 12.8 Å². The Hall–Kier alpha value is -0.930. The summed E-state index contributed by atoms with van der Waals surface area (Å²) in [4.78, 5) is 4.25. The van der Waals surface area contributed by atoms with Crippen molar-refractivity contribution in [2.24, 2.45) is 5.92 Å². The second-order valence-electron chi connectivity index (χ2n) is 4.81. The van der Waals surface area contributed by atoms with Crippen LogP contribution in [0.15, 0.2) is 18.5 Å². The molecular formula is C14H22N2O. The molecule has 3 heteroatoms. The van der Waals surface area contributed by atoms with Gasteiger partial charge >= 0.3 is 0 Å². The van der Waals surface area contributed by atoms with Crippen LogP contribution in [-0.4, -0.2) is 24.7 Å². The number of methoxy groups -OCH3 is 1. The highest BCUT2D eigenvalue weighted by atomic mass is 16.5. The second kappa shape index (κ2) is 5.61. The number of hydrogen-bond acceptors (Lipinski definition) is 3. The monoisotopic (exact) mass is 234 g/mol. The van der Waals surface area contributed by atoms with Gasteiger partial charge in [-0.05, 0) is 49.4 Å². The van der Waals surface area contributed by atoms with E-state index in [1.54, 1.807) is 0 Å². The van der Waals surface area contributed by atoms with Gasteiger partial charge in [0.05, 0.1) is 12.1 Å². The molecule has 17 heavy (non-hydrogen) atoms. The van der Waals surface area contributed by atoms with Gasteiger partial charge in [-0.15, -0.1) is 0 Å².